The van der Waals surface area contributed by atoms with Crippen LogP contribution in [0.3, 0.4) is 0 Å². The maximum atomic E-state index is 5.90. The van der Waals surface area contributed by atoms with Crippen LogP contribution in [0.2, 0.25) is 15.2 Å². The molecule has 1 aromatic rings. The van der Waals surface area contributed by atoms with Crippen molar-refractivity contribution in [3.63, 3.8) is 0 Å². The van der Waals surface area contributed by atoms with E-state index in [9.17, 15) is 0 Å². The Labute approximate surface area is 97.8 Å². The quantitative estimate of drug-likeness (QED) is 0.834. The van der Waals surface area contributed by atoms with Crippen LogP contribution in [0.4, 0.5) is 5.82 Å². The maximum absolute atomic E-state index is 5.90. The zero-order chi connectivity index (χ0) is 10.6. The minimum absolute atomic E-state index is 0.123. The van der Waals surface area contributed by atoms with Crippen molar-refractivity contribution in [2.45, 2.75) is 19.8 Å². The van der Waals surface area contributed by atoms with Crippen molar-refractivity contribution in [3.8, 4) is 0 Å². The highest BCUT2D eigenvalue weighted by Crippen LogP contribution is 2.31. The van der Waals surface area contributed by atoms with Crippen LogP contribution in [0.5, 0.6) is 0 Å². The van der Waals surface area contributed by atoms with E-state index in [1.807, 2.05) is 0 Å². The second-order valence-corrected chi connectivity index (χ2v) is 3.86. The zero-order valence-corrected chi connectivity index (χ0v) is 9.92. The van der Waals surface area contributed by atoms with E-state index in [0.717, 1.165) is 19.4 Å². The predicted molar refractivity (Wildman–Crippen MR) is 60.5 cm³/mol. The molecule has 0 amide bonds. The molecule has 0 spiro atoms. The van der Waals surface area contributed by atoms with Gasteiger partial charge < -0.3 is 5.32 Å². The second kappa shape index (κ2) is 5.59. The first-order chi connectivity index (χ1) is 6.66. The molecular weight excluding hydrogens is 244 g/mol. The number of aromatic nitrogens is 2. The average molecular weight is 255 g/mol. The van der Waals surface area contributed by atoms with Gasteiger partial charge in [-0.2, -0.15) is 0 Å². The molecule has 0 aliphatic rings. The van der Waals surface area contributed by atoms with Crippen molar-refractivity contribution >= 4 is 40.6 Å². The van der Waals surface area contributed by atoms with Gasteiger partial charge in [0.25, 0.3) is 0 Å². The Morgan fingerprint density at radius 2 is 1.86 bits per heavy atom. The van der Waals surface area contributed by atoms with Crippen LogP contribution in [-0.4, -0.2) is 16.7 Å². The average Bonchev–Trinajstić information content (AvgIpc) is 2.18. The first kappa shape index (κ1) is 11.8. The molecule has 0 saturated heterocycles. The minimum atomic E-state index is 0.123. The molecule has 3 nitrogen and oxygen atoms in total. The van der Waals surface area contributed by atoms with E-state index in [2.05, 4.69) is 22.4 Å². The molecule has 1 rings (SSSR count). The summed E-state index contributed by atoms with van der Waals surface area (Å²) in [6, 6.07) is 0. The smallest absolute Gasteiger partial charge is 0.171 e. The predicted octanol–water partition coefficient (Wildman–Crippen LogP) is 3.65. The van der Waals surface area contributed by atoms with Gasteiger partial charge in [0.15, 0.2) is 11.0 Å². The van der Waals surface area contributed by atoms with E-state index in [1.54, 1.807) is 0 Å². The molecule has 0 fully saturated rings. The second-order valence-electron chi connectivity index (χ2n) is 2.75. The Hall–Kier alpha value is -0.250. The van der Waals surface area contributed by atoms with Gasteiger partial charge in [0.2, 0.25) is 0 Å². The lowest BCUT2D eigenvalue weighted by molar-refractivity contribution is 0.827. The molecule has 0 atom stereocenters. The molecule has 1 heterocycles. The Balaban J connectivity index is 2.73. The molecular formula is C8H10Cl3N3. The van der Waals surface area contributed by atoms with Gasteiger partial charge in [0.1, 0.15) is 10.0 Å². The summed E-state index contributed by atoms with van der Waals surface area (Å²) < 4.78 is 0. The third kappa shape index (κ3) is 2.87. The molecule has 0 radical (unpaired) electrons. The number of hydrogen-bond acceptors (Lipinski definition) is 3. The van der Waals surface area contributed by atoms with Gasteiger partial charge in [-0.15, -0.1) is 10.2 Å². The number of halogens is 3. The summed E-state index contributed by atoms with van der Waals surface area (Å²) in [6.45, 7) is 2.90. The standard InChI is InChI=1S/C8H10Cl3N3/c1-2-3-4-12-8-6(10)5(9)7(11)13-14-8/h2-4H2,1H3,(H,12,14). The fourth-order valence-corrected chi connectivity index (χ4v) is 1.37. The highest BCUT2D eigenvalue weighted by molar-refractivity contribution is 6.48. The van der Waals surface area contributed by atoms with Gasteiger partial charge in [0, 0.05) is 6.54 Å². The van der Waals surface area contributed by atoms with E-state index < -0.39 is 0 Å². The first-order valence-electron chi connectivity index (χ1n) is 4.27. The van der Waals surface area contributed by atoms with E-state index in [0.29, 0.717) is 10.8 Å². The molecule has 0 aliphatic carbocycles. The molecule has 0 saturated carbocycles. The van der Waals surface area contributed by atoms with Gasteiger partial charge in [-0.25, -0.2) is 0 Å². The van der Waals surface area contributed by atoms with E-state index >= 15 is 0 Å². The van der Waals surface area contributed by atoms with Crippen LogP contribution >= 0.6 is 34.8 Å². The summed E-state index contributed by atoms with van der Waals surface area (Å²) in [5.74, 6) is 0.481. The van der Waals surface area contributed by atoms with Crippen LogP contribution in [0, 0.1) is 0 Å². The number of nitrogens with zero attached hydrogens (tertiary/aromatic N) is 2. The lowest BCUT2D eigenvalue weighted by atomic mass is 10.3. The van der Waals surface area contributed by atoms with Crippen molar-refractivity contribution < 1.29 is 0 Å². The van der Waals surface area contributed by atoms with E-state index in [1.165, 1.54) is 0 Å². The fourth-order valence-electron chi connectivity index (χ4n) is 0.873. The molecule has 0 unspecified atom stereocenters. The Morgan fingerprint density at radius 1 is 1.14 bits per heavy atom. The highest BCUT2D eigenvalue weighted by Gasteiger charge is 2.10. The molecule has 14 heavy (non-hydrogen) atoms. The third-order valence-electron chi connectivity index (χ3n) is 1.64. The van der Waals surface area contributed by atoms with Crippen LogP contribution in [0.25, 0.3) is 0 Å². The van der Waals surface area contributed by atoms with Gasteiger partial charge >= 0.3 is 0 Å². The number of unbranched alkanes of at least 4 members (excludes halogenated alkanes) is 1. The lowest BCUT2D eigenvalue weighted by Gasteiger charge is -2.06. The largest absolute Gasteiger partial charge is 0.367 e. The monoisotopic (exact) mass is 253 g/mol. The fraction of sp³-hybridized carbons (Fsp3) is 0.500. The first-order valence-corrected chi connectivity index (χ1v) is 5.41. The summed E-state index contributed by atoms with van der Waals surface area (Å²) in [4.78, 5) is 0. The van der Waals surface area contributed by atoms with E-state index in [4.69, 9.17) is 34.8 Å². The van der Waals surface area contributed by atoms with Crippen molar-refractivity contribution in [3.05, 3.63) is 15.2 Å². The molecule has 0 aliphatic heterocycles. The van der Waals surface area contributed by atoms with Crippen molar-refractivity contribution in [2.75, 3.05) is 11.9 Å². The summed E-state index contributed by atoms with van der Waals surface area (Å²) in [6.07, 6.45) is 2.14. The summed E-state index contributed by atoms with van der Waals surface area (Å²) in [5, 5.41) is 11.2. The summed E-state index contributed by atoms with van der Waals surface area (Å²) in [7, 11) is 0. The lowest BCUT2D eigenvalue weighted by Crippen LogP contribution is -2.04. The molecule has 1 aromatic heterocycles. The third-order valence-corrected chi connectivity index (χ3v) is 2.84. The summed E-state index contributed by atoms with van der Waals surface area (Å²) >= 11 is 17.3. The Bertz CT molecular complexity index is 317. The SMILES string of the molecule is CCCCNc1nnc(Cl)c(Cl)c1Cl. The topological polar surface area (TPSA) is 37.8 Å². The minimum Gasteiger partial charge on any atom is -0.367 e. The van der Waals surface area contributed by atoms with Crippen LogP contribution in [0.1, 0.15) is 19.8 Å². The van der Waals surface area contributed by atoms with Crippen LogP contribution in [0.15, 0.2) is 0 Å². The van der Waals surface area contributed by atoms with Crippen LogP contribution < -0.4 is 5.32 Å². The van der Waals surface area contributed by atoms with E-state index in [-0.39, 0.29) is 10.2 Å². The summed E-state index contributed by atoms with van der Waals surface area (Å²) in [5.41, 5.74) is 0. The van der Waals surface area contributed by atoms with Crippen molar-refractivity contribution in [2.24, 2.45) is 0 Å². The molecule has 0 bridgehead atoms. The number of rotatable bonds is 4. The maximum Gasteiger partial charge on any atom is 0.171 e. The Morgan fingerprint density at radius 3 is 2.50 bits per heavy atom. The zero-order valence-electron chi connectivity index (χ0n) is 7.65. The van der Waals surface area contributed by atoms with Gasteiger partial charge in [-0.05, 0) is 6.42 Å². The molecule has 1 N–H and O–H groups in total. The molecule has 78 valence electrons. The molecule has 0 aromatic carbocycles. The van der Waals surface area contributed by atoms with Gasteiger partial charge in [-0.1, -0.05) is 48.1 Å². The van der Waals surface area contributed by atoms with Crippen LogP contribution in [-0.2, 0) is 0 Å². The van der Waals surface area contributed by atoms with Crippen molar-refractivity contribution in [1.82, 2.24) is 10.2 Å². The molecule has 6 heteroatoms. The Kier molecular flexibility index (Phi) is 4.72. The van der Waals surface area contributed by atoms with Crippen molar-refractivity contribution in [1.29, 1.82) is 0 Å². The number of anilines is 1. The highest BCUT2D eigenvalue weighted by atomic mass is 35.5. The normalized spacial score (nSPS) is 10.3. The van der Waals surface area contributed by atoms with Gasteiger partial charge in [0.05, 0.1) is 0 Å². The number of hydrogen-bond donors (Lipinski definition) is 1. The number of nitrogens with one attached hydrogen (secondary N) is 1. The van der Waals surface area contributed by atoms with Gasteiger partial charge in [-0.3, -0.25) is 0 Å².